The lowest BCUT2D eigenvalue weighted by molar-refractivity contribution is 0.0701. The summed E-state index contributed by atoms with van der Waals surface area (Å²) >= 11 is 2.93. The molecule has 0 spiro atoms. The smallest absolute Gasteiger partial charge is 0.346 e. The third-order valence-electron chi connectivity index (χ3n) is 2.97. The van der Waals surface area contributed by atoms with Gasteiger partial charge in [-0.25, -0.2) is 9.79 Å². The highest BCUT2D eigenvalue weighted by Gasteiger charge is 2.23. The molecule has 0 amide bonds. The largest absolute Gasteiger partial charge is 0.477 e. The van der Waals surface area contributed by atoms with Crippen LogP contribution in [0.4, 0.5) is 5.00 Å². The van der Waals surface area contributed by atoms with Gasteiger partial charge in [0.2, 0.25) is 0 Å². The van der Waals surface area contributed by atoms with Gasteiger partial charge >= 0.3 is 5.97 Å². The van der Waals surface area contributed by atoms with Crippen molar-refractivity contribution < 1.29 is 9.90 Å². The van der Waals surface area contributed by atoms with E-state index >= 15 is 0 Å². The molecule has 1 aromatic carbocycles. The molecule has 3 rings (SSSR count). The first-order valence-corrected chi connectivity index (χ1v) is 7.59. The van der Waals surface area contributed by atoms with Gasteiger partial charge in [0.05, 0.1) is 5.71 Å². The van der Waals surface area contributed by atoms with Crippen LogP contribution in [0.5, 0.6) is 0 Å². The van der Waals surface area contributed by atoms with Crippen molar-refractivity contribution >= 4 is 39.8 Å². The van der Waals surface area contributed by atoms with Crippen LogP contribution in [0.3, 0.4) is 0 Å². The maximum absolute atomic E-state index is 11.1. The maximum atomic E-state index is 11.1. The fraction of sp³-hybridized carbons (Fsp3) is 0.143. The van der Waals surface area contributed by atoms with Gasteiger partial charge < -0.3 is 5.11 Å². The van der Waals surface area contributed by atoms with E-state index in [0.717, 1.165) is 32.5 Å². The van der Waals surface area contributed by atoms with Crippen LogP contribution in [0.2, 0.25) is 0 Å². The van der Waals surface area contributed by atoms with E-state index in [4.69, 9.17) is 5.11 Å². The SMILES string of the molecule is Cc1c(C(=O)O)sc2c1SCC(c1ccccc1)=N2. The molecule has 0 aliphatic carbocycles. The fourth-order valence-corrected chi connectivity index (χ4v) is 4.31. The summed E-state index contributed by atoms with van der Waals surface area (Å²) in [5, 5.41) is 9.97. The molecule has 96 valence electrons. The molecule has 0 radical (unpaired) electrons. The summed E-state index contributed by atoms with van der Waals surface area (Å²) in [5.74, 6) is -0.0813. The summed E-state index contributed by atoms with van der Waals surface area (Å²) < 4.78 is 0. The van der Waals surface area contributed by atoms with Crippen molar-refractivity contribution in [1.29, 1.82) is 0 Å². The van der Waals surface area contributed by atoms with Crippen molar-refractivity contribution in [3.8, 4) is 0 Å². The van der Waals surface area contributed by atoms with Crippen molar-refractivity contribution in [2.45, 2.75) is 11.8 Å². The lowest BCUT2D eigenvalue weighted by Crippen LogP contribution is -2.06. The molecule has 19 heavy (non-hydrogen) atoms. The van der Waals surface area contributed by atoms with Gasteiger partial charge in [-0.15, -0.1) is 23.1 Å². The van der Waals surface area contributed by atoms with Crippen LogP contribution >= 0.6 is 23.1 Å². The Hall–Kier alpha value is -1.59. The molecule has 0 bridgehead atoms. The maximum Gasteiger partial charge on any atom is 0.346 e. The van der Waals surface area contributed by atoms with Crippen molar-refractivity contribution in [2.24, 2.45) is 4.99 Å². The molecule has 1 N–H and O–H groups in total. The van der Waals surface area contributed by atoms with E-state index in [2.05, 4.69) is 4.99 Å². The molecule has 1 aromatic heterocycles. The Balaban J connectivity index is 2.06. The lowest BCUT2D eigenvalue weighted by Gasteiger charge is -2.12. The van der Waals surface area contributed by atoms with Crippen LogP contribution < -0.4 is 0 Å². The van der Waals surface area contributed by atoms with E-state index in [1.54, 1.807) is 11.8 Å². The van der Waals surface area contributed by atoms with Gasteiger partial charge in [-0.3, -0.25) is 0 Å². The third kappa shape index (κ3) is 2.19. The number of benzene rings is 1. The molecular formula is C14H11NO2S2. The number of carboxylic acids is 1. The number of fused-ring (bicyclic) bond motifs is 1. The summed E-state index contributed by atoms with van der Waals surface area (Å²) in [6.45, 7) is 1.86. The zero-order valence-electron chi connectivity index (χ0n) is 10.2. The first-order chi connectivity index (χ1) is 9.16. The number of thiophene rings is 1. The van der Waals surface area contributed by atoms with Crippen molar-refractivity contribution in [1.82, 2.24) is 0 Å². The Labute approximate surface area is 119 Å². The van der Waals surface area contributed by atoms with E-state index in [1.807, 2.05) is 37.3 Å². The Morgan fingerprint density at radius 2 is 2.05 bits per heavy atom. The number of carboxylic acid groups (broad SMARTS) is 1. The molecule has 5 heteroatoms. The molecule has 2 heterocycles. The highest BCUT2D eigenvalue weighted by Crippen LogP contribution is 2.45. The summed E-state index contributed by atoms with van der Waals surface area (Å²) in [7, 11) is 0. The number of hydrogen-bond acceptors (Lipinski definition) is 4. The lowest BCUT2D eigenvalue weighted by atomic mass is 10.1. The molecule has 1 aliphatic heterocycles. The van der Waals surface area contributed by atoms with Gasteiger partial charge in [-0.05, 0) is 18.1 Å². The monoisotopic (exact) mass is 289 g/mol. The molecular weight excluding hydrogens is 278 g/mol. The first kappa shape index (κ1) is 12.4. The second-order valence-electron chi connectivity index (χ2n) is 4.21. The Kier molecular flexibility index (Phi) is 3.16. The summed E-state index contributed by atoms with van der Waals surface area (Å²) in [5.41, 5.74) is 2.95. The molecule has 2 aromatic rings. The minimum absolute atomic E-state index is 0.399. The van der Waals surface area contributed by atoms with Gasteiger partial charge in [-0.2, -0.15) is 0 Å². The van der Waals surface area contributed by atoms with Crippen molar-refractivity contribution in [3.05, 3.63) is 46.3 Å². The van der Waals surface area contributed by atoms with Gasteiger partial charge in [0.1, 0.15) is 9.88 Å². The average molecular weight is 289 g/mol. The normalized spacial score (nSPS) is 13.8. The topological polar surface area (TPSA) is 49.7 Å². The Bertz CT molecular complexity index is 674. The number of rotatable bonds is 2. The molecule has 0 saturated heterocycles. The minimum atomic E-state index is -0.867. The van der Waals surface area contributed by atoms with Gasteiger partial charge in [0, 0.05) is 10.6 Å². The number of hydrogen-bond donors (Lipinski definition) is 1. The standard InChI is InChI=1S/C14H11NO2S2/c1-8-11-13(19-12(8)14(16)17)15-10(7-18-11)9-5-3-2-4-6-9/h2-6H,7H2,1H3,(H,16,17). The summed E-state index contributed by atoms with van der Waals surface area (Å²) in [4.78, 5) is 17.2. The summed E-state index contributed by atoms with van der Waals surface area (Å²) in [6, 6.07) is 10.0. The molecule has 0 saturated carbocycles. The van der Waals surface area contributed by atoms with Crippen molar-refractivity contribution in [3.63, 3.8) is 0 Å². The van der Waals surface area contributed by atoms with Crippen LogP contribution in [-0.2, 0) is 0 Å². The second-order valence-corrected chi connectivity index (χ2v) is 6.19. The summed E-state index contributed by atoms with van der Waals surface area (Å²) in [6.07, 6.45) is 0. The minimum Gasteiger partial charge on any atom is -0.477 e. The first-order valence-electron chi connectivity index (χ1n) is 5.79. The van der Waals surface area contributed by atoms with E-state index in [0.29, 0.717) is 4.88 Å². The number of aromatic carboxylic acids is 1. The molecule has 1 aliphatic rings. The number of nitrogens with zero attached hydrogens (tertiary/aromatic N) is 1. The predicted molar refractivity (Wildman–Crippen MR) is 79.4 cm³/mol. The zero-order valence-corrected chi connectivity index (χ0v) is 11.8. The number of carbonyl (C=O) groups is 1. The van der Waals surface area contributed by atoms with Gasteiger partial charge in [0.25, 0.3) is 0 Å². The molecule has 0 atom stereocenters. The fourth-order valence-electron chi connectivity index (χ4n) is 2.00. The van der Waals surface area contributed by atoms with Crippen molar-refractivity contribution in [2.75, 3.05) is 5.75 Å². The van der Waals surface area contributed by atoms with E-state index in [9.17, 15) is 4.79 Å². The van der Waals surface area contributed by atoms with E-state index in [-0.39, 0.29) is 0 Å². The van der Waals surface area contributed by atoms with E-state index in [1.165, 1.54) is 11.3 Å². The third-order valence-corrected chi connectivity index (χ3v) is 5.47. The van der Waals surface area contributed by atoms with Crippen LogP contribution in [-0.4, -0.2) is 22.5 Å². The van der Waals surface area contributed by atoms with Crippen LogP contribution in [0, 0.1) is 6.92 Å². The van der Waals surface area contributed by atoms with Gasteiger partial charge in [-0.1, -0.05) is 30.3 Å². The van der Waals surface area contributed by atoms with E-state index < -0.39 is 5.97 Å². The quantitative estimate of drug-likeness (QED) is 0.909. The molecule has 3 nitrogen and oxygen atoms in total. The van der Waals surface area contributed by atoms with Crippen LogP contribution in [0.15, 0.2) is 40.2 Å². The Morgan fingerprint density at radius 1 is 1.32 bits per heavy atom. The van der Waals surface area contributed by atoms with Gasteiger partial charge in [0.15, 0.2) is 0 Å². The molecule has 0 unspecified atom stereocenters. The molecule has 0 fully saturated rings. The Morgan fingerprint density at radius 3 is 2.74 bits per heavy atom. The zero-order chi connectivity index (χ0) is 13.4. The number of thioether (sulfide) groups is 1. The van der Waals surface area contributed by atoms with Crippen LogP contribution in [0.1, 0.15) is 20.8 Å². The van der Waals surface area contributed by atoms with Crippen LogP contribution in [0.25, 0.3) is 0 Å². The number of aliphatic imine (C=N–C) groups is 1. The highest BCUT2D eigenvalue weighted by molar-refractivity contribution is 8.00. The average Bonchev–Trinajstić information content (AvgIpc) is 2.77. The highest BCUT2D eigenvalue weighted by atomic mass is 32.2. The predicted octanol–water partition coefficient (Wildman–Crippen LogP) is 3.98. The second kappa shape index (κ2) is 4.83.